The largest absolute Gasteiger partial charge is 0.468 e. The second-order valence-corrected chi connectivity index (χ2v) is 5.46. The smallest absolute Gasteiger partial charge is 0.327 e. The van der Waals surface area contributed by atoms with E-state index in [1.807, 2.05) is 0 Å². The van der Waals surface area contributed by atoms with Crippen molar-refractivity contribution in [2.45, 2.75) is 39.7 Å². The lowest BCUT2D eigenvalue weighted by Gasteiger charge is -2.27. The number of rotatable bonds is 3. The Morgan fingerprint density at radius 2 is 1.68 bits per heavy atom. The van der Waals surface area contributed by atoms with E-state index in [9.17, 15) is 4.79 Å². The van der Waals surface area contributed by atoms with Gasteiger partial charge in [0.2, 0.25) is 0 Å². The third-order valence-corrected chi connectivity index (χ3v) is 4.11. The van der Waals surface area contributed by atoms with Gasteiger partial charge in [0, 0.05) is 0 Å². The maximum atomic E-state index is 12.2. The second-order valence-electron chi connectivity index (χ2n) is 5.46. The molecule has 1 aliphatic rings. The number of benzene rings is 1. The summed E-state index contributed by atoms with van der Waals surface area (Å²) < 4.78 is 5.02. The number of hydrogen-bond donors (Lipinski definition) is 0. The fraction of sp³-hybridized carbons (Fsp3) is 0.562. The van der Waals surface area contributed by atoms with Crippen molar-refractivity contribution in [2.75, 3.05) is 20.2 Å². The first-order chi connectivity index (χ1) is 9.04. The summed E-state index contributed by atoms with van der Waals surface area (Å²) in [7, 11) is 1.47. The van der Waals surface area contributed by atoms with Gasteiger partial charge in [0.25, 0.3) is 0 Å². The van der Waals surface area contributed by atoms with Crippen LogP contribution in [0.5, 0.6) is 0 Å². The molecule has 0 N–H and O–H groups in total. The normalized spacial score (nSPS) is 17.5. The quantitative estimate of drug-likeness (QED) is 0.784. The lowest BCUT2D eigenvalue weighted by Crippen LogP contribution is -2.33. The van der Waals surface area contributed by atoms with Crippen LogP contribution in [0.2, 0.25) is 0 Å². The maximum absolute atomic E-state index is 12.2. The predicted octanol–water partition coefficient (Wildman–Crippen LogP) is 2.92. The summed E-state index contributed by atoms with van der Waals surface area (Å²) in [5.41, 5.74) is 4.77. The van der Waals surface area contributed by atoms with Crippen LogP contribution in [0.1, 0.15) is 41.1 Å². The zero-order valence-electron chi connectivity index (χ0n) is 12.3. The average molecular weight is 261 g/mol. The fourth-order valence-corrected chi connectivity index (χ4v) is 2.86. The number of hydrogen-bond acceptors (Lipinski definition) is 3. The Bertz CT molecular complexity index is 476. The molecule has 1 aliphatic heterocycles. The molecular formula is C16H23NO2. The van der Waals surface area contributed by atoms with Crippen molar-refractivity contribution < 1.29 is 9.53 Å². The number of aryl methyl sites for hydroxylation is 3. The van der Waals surface area contributed by atoms with Crippen LogP contribution in [-0.4, -0.2) is 31.1 Å². The molecule has 1 fully saturated rings. The van der Waals surface area contributed by atoms with E-state index >= 15 is 0 Å². The van der Waals surface area contributed by atoms with Gasteiger partial charge in [-0.3, -0.25) is 4.90 Å². The molecule has 3 nitrogen and oxygen atoms in total. The van der Waals surface area contributed by atoms with Crippen molar-refractivity contribution in [2.24, 2.45) is 0 Å². The van der Waals surface area contributed by atoms with Gasteiger partial charge in [0.05, 0.1) is 7.11 Å². The number of methoxy groups -OCH3 is 1. The Morgan fingerprint density at radius 3 is 2.26 bits per heavy atom. The third kappa shape index (κ3) is 2.81. The molecule has 1 aromatic rings. The Kier molecular flexibility index (Phi) is 4.25. The Labute approximate surface area is 115 Å². The van der Waals surface area contributed by atoms with Crippen molar-refractivity contribution in [1.29, 1.82) is 0 Å². The highest BCUT2D eigenvalue weighted by Crippen LogP contribution is 2.30. The van der Waals surface area contributed by atoms with Gasteiger partial charge >= 0.3 is 5.97 Å². The summed E-state index contributed by atoms with van der Waals surface area (Å²) in [4.78, 5) is 14.4. The molecule has 0 amide bonds. The molecule has 0 aliphatic carbocycles. The SMILES string of the molecule is COC(=O)C(c1cc(C)c(C)cc1C)N1CCCC1. The van der Waals surface area contributed by atoms with Crippen LogP contribution >= 0.6 is 0 Å². The second kappa shape index (κ2) is 5.74. The van der Waals surface area contributed by atoms with Crippen molar-refractivity contribution in [1.82, 2.24) is 4.90 Å². The molecule has 1 atom stereocenters. The lowest BCUT2D eigenvalue weighted by atomic mass is 9.95. The minimum absolute atomic E-state index is 0.145. The number of carbonyl (C=O) groups is 1. The molecule has 0 radical (unpaired) electrons. The zero-order chi connectivity index (χ0) is 14.0. The molecule has 0 bridgehead atoms. The Balaban J connectivity index is 2.42. The van der Waals surface area contributed by atoms with Crippen LogP contribution in [0, 0.1) is 20.8 Å². The molecule has 3 heteroatoms. The molecular weight excluding hydrogens is 238 g/mol. The van der Waals surface area contributed by atoms with Gasteiger partial charge in [-0.1, -0.05) is 12.1 Å². The zero-order valence-corrected chi connectivity index (χ0v) is 12.3. The molecule has 104 valence electrons. The van der Waals surface area contributed by atoms with E-state index in [4.69, 9.17) is 4.74 Å². The van der Waals surface area contributed by atoms with Gasteiger partial charge in [-0.15, -0.1) is 0 Å². The van der Waals surface area contributed by atoms with Gasteiger partial charge in [0.15, 0.2) is 0 Å². The van der Waals surface area contributed by atoms with E-state index in [-0.39, 0.29) is 12.0 Å². The van der Waals surface area contributed by atoms with Crippen molar-refractivity contribution in [3.63, 3.8) is 0 Å². The lowest BCUT2D eigenvalue weighted by molar-refractivity contribution is -0.146. The van der Waals surface area contributed by atoms with E-state index in [1.54, 1.807) is 0 Å². The Hall–Kier alpha value is -1.35. The summed E-state index contributed by atoms with van der Waals surface area (Å²) >= 11 is 0. The minimum Gasteiger partial charge on any atom is -0.468 e. The summed E-state index contributed by atoms with van der Waals surface area (Å²) in [6.07, 6.45) is 2.33. The van der Waals surface area contributed by atoms with Crippen molar-refractivity contribution in [3.8, 4) is 0 Å². The first-order valence-electron chi connectivity index (χ1n) is 6.94. The van der Waals surface area contributed by atoms with Gasteiger partial charge in [-0.2, -0.15) is 0 Å². The number of likely N-dealkylation sites (tertiary alicyclic amines) is 1. The van der Waals surface area contributed by atoms with Gasteiger partial charge in [-0.25, -0.2) is 4.79 Å². The molecule has 0 saturated carbocycles. The molecule has 2 rings (SSSR count). The van der Waals surface area contributed by atoms with Crippen LogP contribution in [-0.2, 0) is 9.53 Å². The Morgan fingerprint density at radius 1 is 1.11 bits per heavy atom. The average Bonchev–Trinajstić information content (AvgIpc) is 2.89. The molecule has 0 spiro atoms. The highest BCUT2D eigenvalue weighted by atomic mass is 16.5. The minimum atomic E-state index is -0.244. The van der Waals surface area contributed by atoms with E-state index in [2.05, 4.69) is 37.8 Å². The first-order valence-corrected chi connectivity index (χ1v) is 6.94. The molecule has 0 aromatic heterocycles. The van der Waals surface area contributed by atoms with Gasteiger partial charge in [-0.05, 0) is 69.0 Å². The number of nitrogens with zero attached hydrogens (tertiary/aromatic N) is 1. The topological polar surface area (TPSA) is 29.5 Å². The van der Waals surface area contributed by atoms with Crippen LogP contribution in [0.3, 0.4) is 0 Å². The van der Waals surface area contributed by atoms with Gasteiger partial charge < -0.3 is 4.74 Å². The van der Waals surface area contributed by atoms with E-state index in [0.717, 1.165) is 31.5 Å². The summed E-state index contributed by atoms with van der Waals surface area (Å²) in [5, 5.41) is 0. The highest BCUT2D eigenvalue weighted by molar-refractivity contribution is 5.78. The van der Waals surface area contributed by atoms with Crippen LogP contribution in [0.15, 0.2) is 12.1 Å². The highest BCUT2D eigenvalue weighted by Gasteiger charge is 2.31. The standard InChI is InChI=1S/C16H23NO2/c1-11-9-13(3)14(10-12(11)2)15(16(18)19-4)17-7-5-6-8-17/h9-10,15H,5-8H2,1-4H3. The van der Waals surface area contributed by atoms with Crippen LogP contribution < -0.4 is 0 Å². The molecule has 19 heavy (non-hydrogen) atoms. The monoisotopic (exact) mass is 261 g/mol. The maximum Gasteiger partial charge on any atom is 0.327 e. The summed E-state index contributed by atoms with van der Waals surface area (Å²) in [6.45, 7) is 8.23. The third-order valence-electron chi connectivity index (χ3n) is 4.11. The van der Waals surface area contributed by atoms with Crippen LogP contribution in [0.4, 0.5) is 0 Å². The van der Waals surface area contributed by atoms with E-state index in [0.29, 0.717) is 0 Å². The van der Waals surface area contributed by atoms with Crippen LogP contribution in [0.25, 0.3) is 0 Å². The number of esters is 1. The van der Waals surface area contributed by atoms with Crippen molar-refractivity contribution >= 4 is 5.97 Å². The molecule has 1 heterocycles. The van der Waals surface area contributed by atoms with Gasteiger partial charge in [0.1, 0.15) is 6.04 Å². The van der Waals surface area contributed by atoms with E-state index in [1.165, 1.54) is 23.8 Å². The van der Waals surface area contributed by atoms with E-state index < -0.39 is 0 Å². The molecule has 1 saturated heterocycles. The molecule has 1 aromatic carbocycles. The number of ether oxygens (including phenoxy) is 1. The summed E-state index contributed by atoms with van der Waals surface area (Å²) in [6, 6.07) is 4.06. The summed E-state index contributed by atoms with van der Waals surface area (Å²) in [5.74, 6) is -0.145. The fourth-order valence-electron chi connectivity index (χ4n) is 2.86. The number of carbonyl (C=O) groups excluding carboxylic acids is 1. The first kappa shape index (κ1) is 14.1. The van der Waals surface area contributed by atoms with Crippen molar-refractivity contribution in [3.05, 3.63) is 34.4 Å². The molecule has 1 unspecified atom stereocenters. The predicted molar refractivity (Wildman–Crippen MR) is 76.2 cm³/mol.